The van der Waals surface area contributed by atoms with E-state index in [9.17, 15) is 0 Å². The highest BCUT2D eigenvalue weighted by molar-refractivity contribution is 6.32. The van der Waals surface area contributed by atoms with E-state index in [1.807, 2.05) is 42.9 Å². The summed E-state index contributed by atoms with van der Waals surface area (Å²) in [5.41, 5.74) is 3.11. The average molecular weight is 294 g/mol. The van der Waals surface area contributed by atoms with Crippen molar-refractivity contribution in [1.29, 1.82) is 0 Å². The second-order valence-corrected chi connectivity index (χ2v) is 5.05. The van der Waals surface area contributed by atoms with Gasteiger partial charge in [-0.2, -0.15) is 5.10 Å². The van der Waals surface area contributed by atoms with Crippen LogP contribution in [0.3, 0.4) is 0 Å². The normalized spacial score (nSPS) is 10.8. The Balaban J connectivity index is 2.18. The van der Waals surface area contributed by atoms with Crippen LogP contribution in [0.1, 0.15) is 23.9 Å². The molecule has 0 spiro atoms. The topological polar surface area (TPSA) is 39.1 Å². The van der Waals surface area contributed by atoms with E-state index in [2.05, 4.69) is 17.3 Å². The second-order valence-electron chi connectivity index (χ2n) is 4.64. The Kier molecular flexibility index (Phi) is 5.04. The summed E-state index contributed by atoms with van der Waals surface area (Å²) in [6.45, 7) is 6.07. The van der Waals surface area contributed by atoms with Gasteiger partial charge in [0.25, 0.3) is 0 Å². The molecule has 5 heteroatoms. The van der Waals surface area contributed by atoms with Crippen LogP contribution in [0.2, 0.25) is 5.02 Å². The minimum absolute atomic E-state index is 0.467. The van der Waals surface area contributed by atoms with Crippen LogP contribution < -0.4 is 10.1 Å². The first-order valence-electron chi connectivity index (χ1n) is 6.73. The van der Waals surface area contributed by atoms with E-state index in [1.165, 1.54) is 0 Å². The van der Waals surface area contributed by atoms with Crippen LogP contribution in [0.5, 0.6) is 5.75 Å². The minimum Gasteiger partial charge on any atom is -0.485 e. The molecule has 0 aliphatic rings. The molecule has 0 atom stereocenters. The Hall–Kier alpha value is -1.52. The molecule has 0 aliphatic carbocycles. The SMILES string of the molecule is CCn1nc(C)cc1COc1c(Cl)cccc1CNC. The molecule has 0 radical (unpaired) electrons. The zero-order valence-corrected chi connectivity index (χ0v) is 12.9. The van der Waals surface area contributed by atoms with E-state index in [0.717, 1.165) is 35.8 Å². The Morgan fingerprint density at radius 3 is 2.90 bits per heavy atom. The molecule has 0 fully saturated rings. The smallest absolute Gasteiger partial charge is 0.142 e. The maximum atomic E-state index is 6.24. The summed E-state index contributed by atoms with van der Waals surface area (Å²) in [5.74, 6) is 0.741. The van der Waals surface area contributed by atoms with Crippen LogP contribution >= 0.6 is 11.6 Å². The highest BCUT2D eigenvalue weighted by atomic mass is 35.5. The molecule has 20 heavy (non-hydrogen) atoms. The lowest BCUT2D eigenvalue weighted by molar-refractivity contribution is 0.289. The number of para-hydroxylation sites is 1. The number of nitrogens with one attached hydrogen (secondary N) is 1. The largest absolute Gasteiger partial charge is 0.485 e. The zero-order valence-electron chi connectivity index (χ0n) is 12.1. The van der Waals surface area contributed by atoms with Gasteiger partial charge in [-0.25, -0.2) is 0 Å². The van der Waals surface area contributed by atoms with E-state index in [0.29, 0.717) is 11.6 Å². The Morgan fingerprint density at radius 2 is 2.20 bits per heavy atom. The van der Waals surface area contributed by atoms with E-state index >= 15 is 0 Å². The van der Waals surface area contributed by atoms with Gasteiger partial charge in [0, 0.05) is 18.7 Å². The van der Waals surface area contributed by atoms with Crippen molar-refractivity contribution in [2.45, 2.75) is 33.5 Å². The number of hydrogen-bond donors (Lipinski definition) is 1. The van der Waals surface area contributed by atoms with Gasteiger partial charge in [-0.1, -0.05) is 23.7 Å². The van der Waals surface area contributed by atoms with Gasteiger partial charge in [0.15, 0.2) is 0 Å². The van der Waals surface area contributed by atoms with Crippen molar-refractivity contribution in [3.8, 4) is 5.75 Å². The van der Waals surface area contributed by atoms with Crippen molar-refractivity contribution >= 4 is 11.6 Å². The van der Waals surface area contributed by atoms with Gasteiger partial charge in [-0.3, -0.25) is 4.68 Å². The molecular weight excluding hydrogens is 274 g/mol. The number of halogens is 1. The van der Waals surface area contributed by atoms with E-state index in [4.69, 9.17) is 16.3 Å². The van der Waals surface area contributed by atoms with Gasteiger partial charge in [-0.05, 0) is 33.0 Å². The quantitative estimate of drug-likeness (QED) is 0.889. The molecule has 1 aromatic heterocycles. The van der Waals surface area contributed by atoms with Crippen LogP contribution in [0.15, 0.2) is 24.3 Å². The third-order valence-electron chi connectivity index (χ3n) is 3.07. The second kappa shape index (κ2) is 6.77. The highest BCUT2D eigenvalue weighted by Crippen LogP contribution is 2.29. The number of hydrogen-bond acceptors (Lipinski definition) is 3. The molecular formula is C15H20ClN3O. The van der Waals surface area contributed by atoms with E-state index < -0.39 is 0 Å². The van der Waals surface area contributed by atoms with Crippen LogP contribution in [0.25, 0.3) is 0 Å². The van der Waals surface area contributed by atoms with Gasteiger partial charge in [0.05, 0.1) is 16.4 Å². The van der Waals surface area contributed by atoms with Gasteiger partial charge in [-0.15, -0.1) is 0 Å². The molecule has 2 aromatic rings. The first-order valence-corrected chi connectivity index (χ1v) is 7.11. The molecule has 0 saturated heterocycles. The molecule has 0 bridgehead atoms. The van der Waals surface area contributed by atoms with Crippen LogP contribution in [-0.2, 0) is 19.7 Å². The van der Waals surface area contributed by atoms with Crippen molar-refractivity contribution in [2.75, 3.05) is 7.05 Å². The molecule has 1 N–H and O–H groups in total. The molecule has 4 nitrogen and oxygen atoms in total. The minimum atomic E-state index is 0.467. The molecule has 1 aromatic carbocycles. The number of rotatable bonds is 6. The van der Waals surface area contributed by atoms with Crippen molar-refractivity contribution < 1.29 is 4.74 Å². The van der Waals surface area contributed by atoms with Crippen LogP contribution in [0.4, 0.5) is 0 Å². The fraction of sp³-hybridized carbons (Fsp3) is 0.400. The summed E-state index contributed by atoms with van der Waals surface area (Å²) < 4.78 is 7.88. The van der Waals surface area contributed by atoms with Crippen molar-refractivity contribution in [2.24, 2.45) is 0 Å². The number of ether oxygens (including phenoxy) is 1. The first-order chi connectivity index (χ1) is 9.65. The maximum Gasteiger partial charge on any atom is 0.142 e. The third kappa shape index (κ3) is 3.32. The molecule has 0 unspecified atom stereocenters. The summed E-state index contributed by atoms with van der Waals surface area (Å²) in [6.07, 6.45) is 0. The lowest BCUT2D eigenvalue weighted by Gasteiger charge is -2.13. The molecule has 1 heterocycles. The Labute approximate surface area is 124 Å². The fourth-order valence-corrected chi connectivity index (χ4v) is 2.43. The highest BCUT2D eigenvalue weighted by Gasteiger charge is 2.10. The summed E-state index contributed by atoms with van der Waals surface area (Å²) in [6, 6.07) is 7.83. The summed E-state index contributed by atoms with van der Waals surface area (Å²) in [5, 5.41) is 8.17. The molecule has 0 saturated carbocycles. The Bertz CT molecular complexity index is 580. The van der Waals surface area contributed by atoms with E-state index in [-0.39, 0.29) is 0 Å². The molecule has 0 aliphatic heterocycles. The summed E-state index contributed by atoms with van der Waals surface area (Å²) >= 11 is 6.24. The van der Waals surface area contributed by atoms with Crippen molar-refractivity contribution in [3.63, 3.8) is 0 Å². The predicted molar refractivity (Wildman–Crippen MR) is 81.2 cm³/mol. The van der Waals surface area contributed by atoms with Crippen molar-refractivity contribution in [3.05, 3.63) is 46.2 Å². The van der Waals surface area contributed by atoms with Crippen molar-refractivity contribution in [1.82, 2.24) is 15.1 Å². The number of benzene rings is 1. The first kappa shape index (κ1) is 14.9. The third-order valence-corrected chi connectivity index (χ3v) is 3.36. The summed E-state index contributed by atoms with van der Waals surface area (Å²) in [4.78, 5) is 0. The standard InChI is InChI=1S/C15H20ClN3O/c1-4-19-13(8-11(2)18-19)10-20-15-12(9-17-3)6-5-7-14(15)16/h5-8,17H,4,9-10H2,1-3H3. The van der Waals surface area contributed by atoms with E-state index in [1.54, 1.807) is 0 Å². The molecule has 0 amide bonds. The average Bonchev–Trinajstić information content (AvgIpc) is 2.79. The number of aromatic nitrogens is 2. The lowest BCUT2D eigenvalue weighted by atomic mass is 10.2. The Morgan fingerprint density at radius 1 is 1.40 bits per heavy atom. The predicted octanol–water partition coefficient (Wildman–Crippen LogP) is 3.16. The molecule has 2 rings (SSSR count). The molecule has 108 valence electrons. The van der Waals surface area contributed by atoms with Gasteiger partial charge >= 0.3 is 0 Å². The van der Waals surface area contributed by atoms with Gasteiger partial charge < -0.3 is 10.1 Å². The number of nitrogens with zero attached hydrogens (tertiary/aromatic N) is 2. The van der Waals surface area contributed by atoms with Crippen LogP contribution in [0, 0.1) is 6.92 Å². The monoisotopic (exact) mass is 293 g/mol. The van der Waals surface area contributed by atoms with Gasteiger partial charge in [0.1, 0.15) is 12.4 Å². The summed E-state index contributed by atoms with van der Waals surface area (Å²) in [7, 11) is 1.90. The van der Waals surface area contributed by atoms with Gasteiger partial charge in [0.2, 0.25) is 0 Å². The lowest BCUT2D eigenvalue weighted by Crippen LogP contribution is -2.10. The fourth-order valence-electron chi connectivity index (χ4n) is 2.18. The number of aryl methyl sites for hydroxylation is 2. The zero-order chi connectivity index (χ0) is 14.5. The van der Waals surface area contributed by atoms with Crippen LogP contribution in [-0.4, -0.2) is 16.8 Å². The maximum absolute atomic E-state index is 6.24.